The Morgan fingerprint density at radius 2 is 2.25 bits per heavy atom. The van der Waals surface area contributed by atoms with Crippen LogP contribution in [0.5, 0.6) is 5.75 Å². The van der Waals surface area contributed by atoms with Gasteiger partial charge in [-0.3, -0.25) is 4.79 Å². The number of carbonyl (C=O) groups excluding carboxylic acids is 1. The Hall–Kier alpha value is -2.30. The third kappa shape index (κ3) is 1.52. The van der Waals surface area contributed by atoms with Gasteiger partial charge < -0.3 is 10.8 Å². The number of nitrogens with two attached hydrogens (primary N) is 1. The summed E-state index contributed by atoms with van der Waals surface area (Å²) in [6.45, 7) is 0. The van der Waals surface area contributed by atoms with E-state index in [1.165, 1.54) is 0 Å². The average molecular weight is 218 g/mol. The van der Waals surface area contributed by atoms with Crippen molar-refractivity contribution in [3.63, 3.8) is 0 Å². The lowest BCUT2D eigenvalue weighted by atomic mass is 10.1. The first-order valence-corrected chi connectivity index (χ1v) is 4.75. The summed E-state index contributed by atoms with van der Waals surface area (Å²) in [5.41, 5.74) is 7.67. The Morgan fingerprint density at radius 3 is 2.81 bits per heavy atom. The van der Waals surface area contributed by atoms with Gasteiger partial charge in [0, 0.05) is 6.07 Å². The zero-order valence-electron chi connectivity index (χ0n) is 8.77. The van der Waals surface area contributed by atoms with Gasteiger partial charge >= 0.3 is 0 Å². The molecule has 0 saturated carbocycles. The van der Waals surface area contributed by atoms with Gasteiger partial charge in [-0.25, -0.2) is 0 Å². The molecule has 0 atom stereocenters. The molecule has 0 spiro atoms. The number of aldehydes is 1. The number of hydrogen-bond acceptors (Lipinski definition) is 3. The van der Waals surface area contributed by atoms with Gasteiger partial charge in [-0.1, -0.05) is 0 Å². The van der Waals surface area contributed by atoms with E-state index in [4.69, 9.17) is 5.73 Å². The molecule has 16 heavy (non-hydrogen) atoms. The number of H-pyrrole nitrogens is 1. The van der Waals surface area contributed by atoms with Crippen molar-refractivity contribution < 1.29 is 14.6 Å². The maximum Gasteiger partial charge on any atom is 0.238 e. The molecule has 0 aliphatic rings. The lowest BCUT2D eigenvalue weighted by Gasteiger charge is -2.03. The summed E-state index contributed by atoms with van der Waals surface area (Å²) in [4.78, 5) is 10.8. The van der Waals surface area contributed by atoms with E-state index >= 15 is 0 Å². The van der Waals surface area contributed by atoms with Crippen LogP contribution in [0, 0.1) is 0 Å². The van der Waals surface area contributed by atoms with E-state index in [0.717, 1.165) is 11.3 Å². The highest BCUT2D eigenvalue weighted by Gasteiger charge is 2.15. The Balaban J connectivity index is 2.63. The van der Waals surface area contributed by atoms with Gasteiger partial charge in [0.1, 0.15) is 5.75 Å². The highest BCUT2D eigenvalue weighted by molar-refractivity contribution is 5.86. The van der Waals surface area contributed by atoms with Crippen LogP contribution >= 0.6 is 0 Å². The number of phenolic OH excluding ortho intramolecular Hbond substituents is 1. The van der Waals surface area contributed by atoms with E-state index in [1.54, 1.807) is 23.0 Å². The Bertz CT molecular complexity index is 546. The standard InChI is InChI=1S/C11H11N3O2/c1-14-10(2-3-13-14)7-4-8(6-15)11(16)9(12)5-7/h2-6H,12H2,1H3,(H,13,15,16)/p+1. The summed E-state index contributed by atoms with van der Waals surface area (Å²) >= 11 is 0. The fourth-order valence-corrected chi connectivity index (χ4v) is 1.62. The van der Waals surface area contributed by atoms with Crippen LogP contribution in [-0.4, -0.2) is 16.5 Å². The molecule has 0 fully saturated rings. The number of hydrogen-bond donors (Lipinski definition) is 3. The van der Waals surface area contributed by atoms with Crippen LogP contribution in [0.15, 0.2) is 24.4 Å². The van der Waals surface area contributed by atoms with Gasteiger partial charge in [0.2, 0.25) is 5.69 Å². The van der Waals surface area contributed by atoms with E-state index in [9.17, 15) is 9.90 Å². The lowest BCUT2D eigenvalue weighted by molar-refractivity contribution is -0.716. The highest BCUT2D eigenvalue weighted by atomic mass is 16.3. The molecule has 0 aliphatic carbocycles. The largest absolute Gasteiger partial charge is 0.505 e. The third-order valence-corrected chi connectivity index (χ3v) is 2.46. The van der Waals surface area contributed by atoms with Crippen molar-refractivity contribution in [1.29, 1.82) is 0 Å². The van der Waals surface area contributed by atoms with E-state index in [0.29, 0.717) is 6.29 Å². The van der Waals surface area contributed by atoms with E-state index < -0.39 is 0 Å². The maximum atomic E-state index is 10.8. The number of phenols is 1. The van der Waals surface area contributed by atoms with Gasteiger partial charge in [-0.15, -0.1) is 4.68 Å². The molecule has 1 heterocycles. The SMILES string of the molecule is C[n+]1[nH]ccc1-c1cc(N)c(O)c(C=O)c1. The Labute approximate surface area is 92.1 Å². The van der Waals surface area contributed by atoms with Crippen LogP contribution in [0.2, 0.25) is 0 Å². The van der Waals surface area contributed by atoms with Crippen LogP contribution in [-0.2, 0) is 7.05 Å². The fourth-order valence-electron chi connectivity index (χ4n) is 1.62. The van der Waals surface area contributed by atoms with E-state index in [1.807, 2.05) is 13.1 Å². The second-order valence-electron chi connectivity index (χ2n) is 3.53. The molecule has 4 N–H and O–H groups in total. The zero-order chi connectivity index (χ0) is 11.7. The minimum Gasteiger partial charge on any atom is -0.505 e. The number of nitrogens with zero attached hydrogens (tertiary/aromatic N) is 1. The number of aromatic amines is 1. The maximum absolute atomic E-state index is 10.8. The molecule has 0 bridgehead atoms. The van der Waals surface area contributed by atoms with Crippen LogP contribution in [0.1, 0.15) is 10.4 Å². The van der Waals surface area contributed by atoms with Crippen molar-refractivity contribution in [2.45, 2.75) is 0 Å². The molecule has 1 aromatic heterocycles. The summed E-state index contributed by atoms with van der Waals surface area (Å²) in [5.74, 6) is -0.170. The van der Waals surface area contributed by atoms with Crippen LogP contribution < -0.4 is 10.4 Å². The molecular formula is C11H12N3O2+. The molecule has 1 aromatic carbocycles. The first-order valence-electron chi connectivity index (χ1n) is 4.75. The molecule has 5 heteroatoms. The molecule has 0 saturated heterocycles. The molecule has 5 nitrogen and oxygen atoms in total. The van der Waals surface area contributed by atoms with E-state index in [2.05, 4.69) is 5.10 Å². The minimum atomic E-state index is -0.170. The van der Waals surface area contributed by atoms with Gasteiger partial charge in [-0.05, 0) is 12.1 Å². The molecule has 2 rings (SSSR count). The van der Waals surface area contributed by atoms with Crippen molar-refractivity contribution in [3.05, 3.63) is 30.0 Å². The fraction of sp³-hybridized carbons (Fsp3) is 0.0909. The molecule has 0 aliphatic heterocycles. The molecule has 0 unspecified atom stereocenters. The third-order valence-electron chi connectivity index (χ3n) is 2.46. The Kier molecular flexibility index (Phi) is 2.36. The first-order chi connectivity index (χ1) is 7.63. The number of anilines is 1. The topological polar surface area (TPSA) is 83.0 Å². The molecule has 0 amide bonds. The number of aromatic hydroxyl groups is 1. The van der Waals surface area contributed by atoms with Gasteiger partial charge in [0.15, 0.2) is 13.3 Å². The molecule has 82 valence electrons. The summed E-state index contributed by atoms with van der Waals surface area (Å²) in [6.07, 6.45) is 2.36. The van der Waals surface area contributed by atoms with Gasteiger partial charge in [-0.2, -0.15) is 5.10 Å². The quantitative estimate of drug-likeness (QED) is 0.299. The summed E-state index contributed by atoms with van der Waals surface area (Å²) in [5, 5.41) is 12.5. The number of nitrogens with one attached hydrogen (secondary N) is 1. The number of rotatable bonds is 2. The van der Waals surface area contributed by atoms with Crippen LogP contribution in [0.4, 0.5) is 5.69 Å². The average Bonchev–Trinajstić information content (AvgIpc) is 2.68. The number of carbonyl (C=O) groups is 1. The summed E-state index contributed by atoms with van der Waals surface area (Å²) in [7, 11) is 1.85. The highest BCUT2D eigenvalue weighted by Crippen LogP contribution is 2.29. The van der Waals surface area contributed by atoms with E-state index in [-0.39, 0.29) is 17.0 Å². The predicted octanol–water partition coefficient (Wildman–Crippen LogP) is 0.606. The monoisotopic (exact) mass is 218 g/mol. The number of aryl methyl sites for hydroxylation is 1. The molecular weight excluding hydrogens is 206 g/mol. The lowest BCUT2D eigenvalue weighted by Crippen LogP contribution is -2.31. The number of benzene rings is 1. The minimum absolute atomic E-state index is 0.170. The zero-order valence-corrected chi connectivity index (χ0v) is 8.77. The van der Waals surface area contributed by atoms with Crippen LogP contribution in [0.3, 0.4) is 0 Å². The summed E-state index contributed by atoms with van der Waals surface area (Å²) in [6, 6.07) is 5.09. The summed E-state index contributed by atoms with van der Waals surface area (Å²) < 4.78 is 1.79. The number of nitrogen functional groups attached to an aromatic ring is 1. The number of aromatic nitrogens is 2. The van der Waals surface area contributed by atoms with Crippen molar-refractivity contribution in [3.8, 4) is 17.0 Å². The van der Waals surface area contributed by atoms with Gasteiger partial charge in [0.25, 0.3) is 0 Å². The smallest absolute Gasteiger partial charge is 0.238 e. The second-order valence-corrected chi connectivity index (χ2v) is 3.53. The van der Waals surface area contributed by atoms with Crippen molar-refractivity contribution in [1.82, 2.24) is 5.10 Å². The van der Waals surface area contributed by atoms with Crippen LogP contribution in [0.25, 0.3) is 11.3 Å². The first kappa shape index (κ1) is 10.2. The normalized spacial score (nSPS) is 10.3. The van der Waals surface area contributed by atoms with Crippen molar-refractivity contribution >= 4 is 12.0 Å². The van der Waals surface area contributed by atoms with Gasteiger partial charge in [0.05, 0.1) is 23.0 Å². The van der Waals surface area contributed by atoms with Crippen molar-refractivity contribution in [2.24, 2.45) is 7.05 Å². The second kappa shape index (κ2) is 3.69. The Morgan fingerprint density at radius 1 is 1.50 bits per heavy atom. The van der Waals surface area contributed by atoms with Crippen molar-refractivity contribution in [2.75, 3.05) is 5.73 Å². The predicted molar refractivity (Wildman–Crippen MR) is 58.9 cm³/mol. The molecule has 2 aromatic rings. The molecule has 0 radical (unpaired) electrons.